The highest BCUT2D eigenvalue weighted by atomic mass is 32.2. The summed E-state index contributed by atoms with van der Waals surface area (Å²) < 4.78 is 28.9. The molecule has 0 aromatic heterocycles. The molecule has 1 fully saturated rings. The number of aliphatic hydroxyl groups excluding tert-OH is 3. The molecule has 0 spiro atoms. The van der Waals surface area contributed by atoms with Gasteiger partial charge >= 0.3 is 0 Å². The molecule has 6 nitrogen and oxygen atoms in total. The van der Waals surface area contributed by atoms with Crippen molar-refractivity contribution in [3.05, 3.63) is 65.2 Å². The Labute approximate surface area is 177 Å². The zero-order chi connectivity index (χ0) is 21.5. The molecule has 4 N–H and O–H groups in total. The van der Waals surface area contributed by atoms with E-state index in [1.165, 1.54) is 0 Å². The quantitative estimate of drug-likeness (QED) is 0.578. The number of rotatable bonds is 5. The zero-order valence-electron chi connectivity index (χ0n) is 17.0. The number of hydrogen-bond donors (Lipinski definition) is 4. The molecule has 162 valence electrons. The van der Waals surface area contributed by atoms with E-state index in [4.69, 9.17) is 0 Å². The van der Waals surface area contributed by atoms with E-state index in [0.29, 0.717) is 19.3 Å². The van der Waals surface area contributed by atoms with Gasteiger partial charge in [0.1, 0.15) is 0 Å². The molecule has 0 bridgehead atoms. The van der Waals surface area contributed by atoms with Crippen molar-refractivity contribution in [2.45, 2.75) is 54.6 Å². The standard InChI is InChI=1S/C23H29NO5S/c1-15-6-8-17(9-7-15)30(28,29)24-20-10-11-23(14-26)19-5-3-2-4-18(19)16(13-25)12-21(27)22(20)23/h2-9,16,20-22,24-27H,10-14H2,1H3/t16-,20-,21-,22-,23+/m0/s1. The molecule has 2 aromatic carbocycles. The number of aryl methyl sites for hydroxylation is 1. The predicted molar refractivity (Wildman–Crippen MR) is 114 cm³/mol. The van der Waals surface area contributed by atoms with Gasteiger partial charge in [-0.3, -0.25) is 0 Å². The minimum atomic E-state index is -3.77. The van der Waals surface area contributed by atoms with Crippen LogP contribution in [0, 0.1) is 12.8 Å². The van der Waals surface area contributed by atoms with Gasteiger partial charge in [0, 0.05) is 23.3 Å². The van der Waals surface area contributed by atoms with Crippen LogP contribution in [0.3, 0.4) is 0 Å². The molecule has 0 saturated heterocycles. The molecule has 0 radical (unpaired) electrons. The first-order valence-corrected chi connectivity index (χ1v) is 11.9. The van der Waals surface area contributed by atoms with Crippen LogP contribution in [0.4, 0.5) is 0 Å². The number of sulfonamides is 1. The zero-order valence-corrected chi connectivity index (χ0v) is 17.8. The topological polar surface area (TPSA) is 107 Å². The molecule has 1 saturated carbocycles. The van der Waals surface area contributed by atoms with Gasteiger partial charge in [-0.2, -0.15) is 0 Å². The van der Waals surface area contributed by atoms with Crippen LogP contribution in [-0.4, -0.2) is 49.1 Å². The molecule has 2 aliphatic rings. The van der Waals surface area contributed by atoms with Crippen LogP contribution in [0.1, 0.15) is 41.9 Å². The van der Waals surface area contributed by atoms with Crippen molar-refractivity contribution in [2.24, 2.45) is 5.92 Å². The first-order valence-electron chi connectivity index (χ1n) is 10.4. The Morgan fingerprint density at radius 2 is 1.80 bits per heavy atom. The van der Waals surface area contributed by atoms with Gasteiger partial charge in [-0.25, -0.2) is 13.1 Å². The normalized spacial score (nSPS) is 31.1. The molecular weight excluding hydrogens is 402 g/mol. The van der Waals surface area contributed by atoms with E-state index in [9.17, 15) is 23.7 Å². The summed E-state index contributed by atoms with van der Waals surface area (Å²) in [5, 5.41) is 31.6. The summed E-state index contributed by atoms with van der Waals surface area (Å²) in [5.74, 6) is -0.736. The van der Waals surface area contributed by atoms with Crippen LogP contribution < -0.4 is 4.72 Å². The van der Waals surface area contributed by atoms with E-state index < -0.39 is 33.5 Å². The lowest BCUT2D eigenvalue weighted by atomic mass is 9.70. The minimum absolute atomic E-state index is 0.109. The van der Waals surface area contributed by atoms with Crippen molar-refractivity contribution in [3.63, 3.8) is 0 Å². The lowest BCUT2D eigenvalue weighted by Crippen LogP contribution is -2.49. The van der Waals surface area contributed by atoms with Crippen molar-refractivity contribution in [3.8, 4) is 0 Å². The lowest BCUT2D eigenvalue weighted by Gasteiger charge is -2.38. The summed E-state index contributed by atoms with van der Waals surface area (Å²) in [6, 6.07) is 13.8. The van der Waals surface area contributed by atoms with Gasteiger partial charge in [0.2, 0.25) is 10.0 Å². The van der Waals surface area contributed by atoms with Crippen LogP contribution in [0.25, 0.3) is 0 Å². The average Bonchev–Trinajstić information content (AvgIpc) is 3.06. The number of fused-ring (bicyclic) bond motifs is 3. The summed E-state index contributed by atoms with van der Waals surface area (Å²) in [6.07, 6.45) is 0.547. The second-order valence-corrected chi connectivity index (χ2v) is 10.4. The Balaban J connectivity index is 1.74. The van der Waals surface area contributed by atoms with E-state index in [0.717, 1.165) is 16.7 Å². The summed E-state index contributed by atoms with van der Waals surface area (Å²) in [7, 11) is -3.77. The minimum Gasteiger partial charge on any atom is -0.396 e. The van der Waals surface area contributed by atoms with Crippen LogP contribution in [-0.2, 0) is 15.4 Å². The maximum atomic E-state index is 13.0. The van der Waals surface area contributed by atoms with Gasteiger partial charge in [-0.1, -0.05) is 42.0 Å². The second-order valence-electron chi connectivity index (χ2n) is 8.69. The highest BCUT2D eigenvalue weighted by Gasteiger charge is 2.55. The predicted octanol–water partition coefficient (Wildman–Crippen LogP) is 1.82. The van der Waals surface area contributed by atoms with E-state index >= 15 is 0 Å². The Kier molecular flexibility index (Phi) is 5.76. The Hall–Kier alpha value is -1.77. The van der Waals surface area contributed by atoms with Crippen LogP contribution >= 0.6 is 0 Å². The molecule has 5 atom stereocenters. The van der Waals surface area contributed by atoms with Crippen LogP contribution in [0.5, 0.6) is 0 Å². The molecule has 0 aliphatic heterocycles. The third-order valence-electron chi connectivity index (χ3n) is 6.99. The number of hydrogen-bond acceptors (Lipinski definition) is 5. The van der Waals surface area contributed by atoms with Crippen LogP contribution in [0.2, 0.25) is 0 Å². The van der Waals surface area contributed by atoms with E-state index in [1.807, 2.05) is 31.2 Å². The molecule has 0 unspecified atom stereocenters. The maximum absolute atomic E-state index is 13.0. The number of nitrogens with one attached hydrogen (secondary N) is 1. The number of benzene rings is 2. The molecule has 2 aliphatic carbocycles. The smallest absolute Gasteiger partial charge is 0.240 e. The van der Waals surface area contributed by atoms with Crippen molar-refractivity contribution in [1.29, 1.82) is 0 Å². The molecule has 2 aromatic rings. The third-order valence-corrected chi connectivity index (χ3v) is 8.50. The van der Waals surface area contributed by atoms with Crippen molar-refractivity contribution in [2.75, 3.05) is 13.2 Å². The average molecular weight is 432 g/mol. The summed E-state index contributed by atoms with van der Waals surface area (Å²) in [4.78, 5) is 0.186. The van der Waals surface area contributed by atoms with Gasteiger partial charge < -0.3 is 15.3 Å². The van der Waals surface area contributed by atoms with E-state index in [1.54, 1.807) is 24.3 Å². The van der Waals surface area contributed by atoms with Crippen molar-refractivity contribution in [1.82, 2.24) is 4.72 Å². The van der Waals surface area contributed by atoms with Crippen LogP contribution in [0.15, 0.2) is 53.4 Å². The van der Waals surface area contributed by atoms with Gasteiger partial charge in [-0.15, -0.1) is 0 Å². The molecular formula is C23H29NO5S. The fraction of sp³-hybridized carbons (Fsp3) is 0.478. The second kappa shape index (κ2) is 8.05. The fourth-order valence-corrected chi connectivity index (χ4v) is 6.82. The summed E-state index contributed by atoms with van der Waals surface area (Å²) in [6.45, 7) is 1.60. The van der Waals surface area contributed by atoms with Gasteiger partial charge in [0.15, 0.2) is 0 Å². The van der Waals surface area contributed by atoms with Gasteiger partial charge in [0.05, 0.1) is 24.2 Å². The van der Waals surface area contributed by atoms with Crippen molar-refractivity contribution >= 4 is 10.0 Å². The van der Waals surface area contributed by atoms with Gasteiger partial charge in [0.25, 0.3) is 0 Å². The Morgan fingerprint density at radius 1 is 1.10 bits per heavy atom. The Bertz CT molecular complexity index is 1010. The molecule has 0 heterocycles. The molecule has 0 amide bonds. The van der Waals surface area contributed by atoms with Crippen molar-refractivity contribution < 1.29 is 23.7 Å². The molecule has 4 rings (SSSR count). The van der Waals surface area contributed by atoms with Gasteiger partial charge in [-0.05, 0) is 49.4 Å². The first-order chi connectivity index (χ1) is 14.3. The largest absolute Gasteiger partial charge is 0.396 e. The van der Waals surface area contributed by atoms with E-state index in [2.05, 4.69) is 4.72 Å². The highest BCUT2D eigenvalue weighted by molar-refractivity contribution is 7.89. The SMILES string of the molecule is Cc1ccc(S(=O)(=O)N[C@H]2CC[C@@]3(CO)c4ccccc4[C@H](CO)C[C@H](O)[C@H]23)cc1. The lowest BCUT2D eigenvalue weighted by molar-refractivity contribution is 0.0290. The number of aliphatic hydroxyl groups is 3. The maximum Gasteiger partial charge on any atom is 0.240 e. The first kappa shape index (κ1) is 21.5. The molecule has 30 heavy (non-hydrogen) atoms. The summed E-state index contributed by atoms with van der Waals surface area (Å²) in [5.41, 5.74) is 2.06. The highest BCUT2D eigenvalue weighted by Crippen LogP contribution is 2.53. The third kappa shape index (κ3) is 3.48. The molecule has 7 heteroatoms. The summed E-state index contributed by atoms with van der Waals surface area (Å²) >= 11 is 0. The van der Waals surface area contributed by atoms with E-state index in [-0.39, 0.29) is 24.0 Å². The monoisotopic (exact) mass is 431 g/mol. The fourth-order valence-electron chi connectivity index (χ4n) is 5.53. The Morgan fingerprint density at radius 3 is 2.47 bits per heavy atom.